The van der Waals surface area contributed by atoms with Crippen LogP contribution in [-0.2, 0) is 4.74 Å². The maximum absolute atomic E-state index is 14.2. The lowest BCUT2D eigenvalue weighted by molar-refractivity contribution is 0.188. The van der Waals surface area contributed by atoms with Crippen LogP contribution >= 0.6 is 27.5 Å². The van der Waals surface area contributed by atoms with Gasteiger partial charge in [-0.05, 0) is 47.8 Å². The Morgan fingerprint density at radius 3 is 2.84 bits per heavy atom. The Labute approximate surface area is 127 Å². The number of hydrogen-bond acceptors (Lipinski definition) is 2. The van der Waals surface area contributed by atoms with Crippen LogP contribution in [0, 0.1) is 5.82 Å². The zero-order valence-corrected chi connectivity index (χ0v) is 13.7. The topological polar surface area (TPSA) is 21.3 Å². The SMILES string of the molecule is CCCNC(CCCOC)c1ccc(Br)c(Cl)c1F. The van der Waals surface area contributed by atoms with E-state index >= 15 is 0 Å². The van der Waals surface area contributed by atoms with Crippen molar-refractivity contribution in [2.45, 2.75) is 32.2 Å². The summed E-state index contributed by atoms with van der Waals surface area (Å²) < 4.78 is 19.9. The summed E-state index contributed by atoms with van der Waals surface area (Å²) in [5.74, 6) is -0.345. The predicted molar refractivity (Wildman–Crippen MR) is 81.3 cm³/mol. The molecule has 0 bridgehead atoms. The van der Waals surface area contributed by atoms with Crippen LogP contribution in [0.2, 0.25) is 5.02 Å². The summed E-state index contributed by atoms with van der Waals surface area (Å²) in [5, 5.41) is 3.51. The summed E-state index contributed by atoms with van der Waals surface area (Å²) in [4.78, 5) is 0. The lowest BCUT2D eigenvalue weighted by Gasteiger charge is -2.20. The lowest BCUT2D eigenvalue weighted by Crippen LogP contribution is -2.23. The van der Waals surface area contributed by atoms with Gasteiger partial charge in [0.1, 0.15) is 5.82 Å². The number of hydrogen-bond donors (Lipinski definition) is 1. The number of halogens is 3. The molecule has 1 aromatic carbocycles. The standard InChI is InChI=1S/C14H20BrClFNO/c1-3-8-18-12(5-4-9-19-2)10-6-7-11(15)13(16)14(10)17/h6-7,12,18H,3-5,8-9H2,1-2H3. The first-order chi connectivity index (χ1) is 9.11. The van der Waals surface area contributed by atoms with Crippen LogP contribution in [0.4, 0.5) is 4.39 Å². The molecule has 0 amide bonds. The Hall–Kier alpha value is -0.160. The summed E-state index contributed by atoms with van der Waals surface area (Å²) in [5.41, 5.74) is 0.623. The molecule has 2 nitrogen and oxygen atoms in total. The van der Waals surface area contributed by atoms with Crippen LogP contribution in [0.15, 0.2) is 16.6 Å². The highest BCUT2D eigenvalue weighted by Crippen LogP contribution is 2.31. The number of ether oxygens (including phenoxy) is 1. The summed E-state index contributed by atoms with van der Waals surface area (Å²) >= 11 is 9.18. The molecule has 0 saturated carbocycles. The van der Waals surface area contributed by atoms with Gasteiger partial charge in [-0.25, -0.2) is 4.39 Å². The smallest absolute Gasteiger partial charge is 0.147 e. The van der Waals surface area contributed by atoms with Gasteiger partial charge in [-0.1, -0.05) is 24.6 Å². The minimum absolute atomic E-state index is 0.0271. The Kier molecular flexibility index (Phi) is 7.91. The van der Waals surface area contributed by atoms with Gasteiger partial charge in [0.25, 0.3) is 0 Å². The molecule has 0 spiro atoms. The highest BCUT2D eigenvalue weighted by molar-refractivity contribution is 9.10. The normalized spacial score (nSPS) is 12.7. The van der Waals surface area contributed by atoms with E-state index in [0.717, 1.165) is 25.8 Å². The summed E-state index contributed by atoms with van der Waals surface area (Å²) in [7, 11) is 1.67. The van der Waals surface area contributed by atoms with E-state index in [-0.39, 0.29) is 16.9 Å². The highest BCUT2D eigenvalue weighted by Gasteiger charge is 2.18. The third-order valence-corrected chi connectivity index (χ3v) is 4.18. The van der Waals surface area contributed by atoms with E-state index in [4.69, 9.17) is 16.3 Å². The van der Waals surface area contributed by atoms with Crippen molar-refractivity contribution in [3.05, 3.63) is 33.0 Å². The molecule has 0 fully saturated rings. The maximum atomic E-state index is 14.2. The first-order valence-electron chi connectivity index (χ1n) is 6.47. The van der Waals surface area contributed by atoms with E-state index in [2.05, 4.69) is 28.2 Å². The van der Waals surface area contributed by atoms with Crippen molar-refractivity contribution in [1.82, 2.24) is 5.32 Å². The van der Waals surface area contributed by atoms with E-state index in [0.29, 0.717) is 16.6 Å². The second-order valence-corrected chi connectivity index (χ2v) is 5.64. The van der Waals surface area contributed by atoms with Crippen LogP contribution in [0.5, 0.6) is 0 Å². The fourth-order valence-electron chi connectivity index (χ4n) is 1.93. The van der Waals surface area contributed by atoms with Crippen LogP contribution in [0.1, 0.15) is 37.8 Å². The quantitative estimate of drug-likeness (QED) is 0.540. The van der Waals surface area contributed by atoms with Gasteiger partial charge in [0, 0.05) is 29.8 Å². The summed E-state index contributed by atoms with van der Waals surface area (Å²) in [6.07, 6.45) is 2.71. The second kappa shape index (κ2) is 8.90. The second-order valence-electron chi connectivity index (χ2n) is 4.41. The number of nitrogens with one attached hydrogen (secondary N) is 1. The molecule has 1 atom stereocenters. The molecule has 1 unspecified atom stereocenters. The van der Waals surface area contributed by atoms with Gasteiger partial charge in [0.05, 0.1) is 5.02 Å². The molecule has 0 saturated heterocycles. The van der Waals surface area contributed by atoms with Crippen molar-refractivity contribution < 1.29 is 9.13 Å². The molecule has 19 heavy (non-hydrogen) atoms. The van der Waals surface area contributed by atoms with Crippen molar-refractivity contribution in [3.8, 4) is 0 Å². The average molecular weight is 353 g/mol. The van der Waals surface area contributed by atoms with Crippen LogP contribution in [0.25, 0.3) is 0 Å². The zero-order chi connectivity index (χ0) is 14.3. The van der Waals surface area contributed by atoms with Crippen molar-refractivity contribution in [2.24, 2.45) is 0 Å². The Bertz CT molecular complexity index is 403. The monoisotopic (exact) mass is 351 g/mol. The first kappa shape index (κ1) is 16.9. The molecule has 0 radical (unpaired) electrons. The van der Waals surface area contributed by atoms with Crippen molar-refractivity contribution in [2.75, 3.05) is 20.3 Å². The molecule has 108 valence electrons. The number of methoxy groups -OCH3 is 1. The zero-order valence-electron chi connectivity index (χ0n) is 11.3. The minimum Gasteiger partial charge on any atom is -0.385 e. The summed E-state index contributed by atoms with van der Waals surface area (Å²) in [6, 6.07) is 3.55. The molecule has 0 aliphatic carbocycles. The fraction of sp³-hybridized carbons (Fsp3) is 0.571. The third-order valence-electron chi connectivity index (χ3n) is 2.92. The Morgan fingerprint density at radius 2 is 2.21 bits per heavy atom. The van der Waals surface area contributed by atoms with E-state index in [1.165, 1.54) is 0 Å². The number of rotatable bonds is 8. The number of benzene rings is 1. The fourth-order valence-corrected chi connectivity index (χ4v) is 2.41. The van der Waals surface area contributed by atoms with E-state index in [1.807, 2.05) is 0 Å². The lowest BCUT2D eigenvalue weighted by atomic mass is 10.0. The van der Waals surface area contributed by atoms with Gasteiger partial charge in [-0.15, -0.1) is 0 Å². The van der Waals surface area contributed by atoms with Crippen molar-refractivity contribution in [3.63, 3.8) is 0 Å². The maximum Gasteiger partial charge on any atom is 0.147 e. The van der Waals surface area contributed by atoms with Crippen LogP contribution in [-0.4, -0.2) is 20.3 Å². The van der Waals surface area contributed by atoms with E-state index < -0.39 is 0 Å². The molecular weight excluding hydrogens is 333 g/mol. The molecule has 0 aliphatic rings. The highest BCUT2D eigenvalue weighted by atomic mass is 79.9. The largest absolute Gasteiger partial charge is 0.385 e. The Balaban J connectivity index is 2.86. The van der Waals surface area contributed by atoms with Gasteiger partial charge >= 0.3 is 0 Å². The van der Waals surface area contributed by atoms with Gasteiger partial charge in [0.15, 0.2) is 0 Å². The first-order valence-corrected chi connectivity index (χ1v) is 7.64. The molecular formula is C14H20BrClFNO. The van der Waals surface area contributed by atoms with Gasteiger partial charge < -0.3 is 10.1 Å². The van der Waals surface area contributed by atoms with Crippen LogP contribution in [0.3, 0.4) is 0 Å². The molecule has 0 aromatic heterocycles. The van der Waals surface area contributed by atoms with Gasteiger partial charge in [-0.3, -0.25) is 0 Å². The molecule has 0 heterocycles. The Morgan fingerprint density at radius 1 is 1.47 bits per heavy atom. The molecule has 1 aromatic rings. The predicted octanol–water partition coefficient (Wildman–Crippen LogP) is 4.71. The van der Waals surface area contributed by atoms with E-state index in [9.17, 15) is 4.39 Å². The van der Waals surface area contributed by atoms with Crippen molar-refractivity contribution >= 4 is 27.5 Å². The van der Waals surface area contributed by atoms with Gasteiger partial charge in [0.2, 0.25) is 0 Å². The average Bonchev–Trinajstić information content (AvgIpc) is 2.41. The summed E-state index contributed by atoms with van der Waals surface area (Å²) in [6.45, 7) is 3.62. The van der Waals surface area contributed by atoms with Crippen LogP contribution < -0.4 is 5.32 Å². The van der Waals surface area contributed by atoms with Gasteiger partial charge in [-0.2, -0.15) is 0 Å². The minimum atomic E-state index is -0.345. The molecule has 0 aliphatic heterocycles. The van der Waals surface area contributed by atoms with E-state index in [1.54, 1.807) is 19.2 Å². The molecule has 1 N–H and O–H groups in total. The third kappa shape index (κ3) is 5.03. The van der Waals surface area contributed by atoms with Crippen molar-refractivity contribution in [1.29, 1.82) is 0 Å². The molecule has 1 rings (SSSR count). The molecule has 5 heteroatoms.